The van der Waals surface area contributed by atoms with Crippen molar-refractivity contribution in [2.45, 2.75) is 11.5 Å². The van der Waals surface area contributed by atoms with Crippen molar-refractivity contribution in [3.05, 3.63) is 75.8 Å². The van der Waals surface area contributed by atoms with Gasteiger partial charge in [0.1, 0.15) is 5.50 Å². The number of carbonyl (C=O) groups excluding carboxylic acids is 2. The van der Waals surface area contributed by atoms with Crippen LogP contribution in [0.5, 0.6) is 0 Å². The Morgan fingerprint density at radius 1 is 1.08 bits per heavy atom. The number of non-ortho nitro benzene ring substituents is 1. The van der Waals surface area contributed by atoms with E-state index in [-0.39, 0.29) is 5.69 Å². The van der Waals surface area contributed by atoms with Gasteiger partial charge in [-0.3, -0.25) is 15.0 Å². The Kier molecular flexibility index (Phi) is 4.18. The first-order valence-corrected chi connectivity index (χ1v) is 7.40. The SMILES string of the molecule is O=C1OC(=O)N(C(Cl)c2ccc([N+](=O)[O-])cc2)C1c1ccccc1. The summed E-state index contributed by atoms with van der Waals surface area (Å²) in [6, 6.07) is 13.1. The first-order valence-electron chi connectivity index (χ1n) is 6.96. The summed E-state index contributed by atoms with van der Waals surface area (Å²) in [6.45, 7) is 0. The molecule has 0 aromatic heterocycles. The van der Waals surface area contributed by atoms with Crippen LogP contribution in [0.15, 0.2) is 54.6 Å². The molecule has 0 radical (unpaired) electrons. The van der Waals surface area contributed by atoms with E-state index in [2.05, 4.69) is 0 Å². The van der Waals surface area contributed by atoms with Crippen molar-refractivity contribution in [2.24, 2.45) is 0 Å². The van der Waals surface area contributed by atoms with Crippen molar-refractivity contribution >= 4 is 29.4 Å². The van der Waals surface area contributed by atoms with Crippen LogP contribution in [-0.2, 0) is 9.53 Å². The normalized spacial score (nSPS) is 18.4. The van der Waals surface area contributed by atoms with Crippen LogP contribution < -0.4 is 0 Å². The molecule has 0 N–H and O–H groups in total. The molecule has 1 heterocycles. The van der Waals surface area contributed by atoms with Crippen LogP contribution in [0.25, 0.3) is 0 Å². The molecular formula is C16H11ClN2O5. The number of esters is 1. The maximum atomic E-state index is 12.0. The van der Waals surface area contributed by atoms with Gasteiger partial charge in [0.25, 0.3) is 5.69 Å². The van der Waals surface area contributed by atoms with Gasteiger partial charge in [-0.25, -0.2) is 9.59 Å². The predicted octanol–water partition coefficient (Wildman–Crippen LogP) is 3.55. The fourth-order valence-corrected chi connectivity index (χ4v) is 2.82. The zero-order valence-corrected chi connectivity index (χ0v) is 12.9. The molecular weight excluding hydrogens is 336 g/mol. The molecule has 2 unspecified atom stereocenters. The standard InChI is InChI=1S/C16H11ClN2O5/c17-14(11-6-8-12(9-7-11)19(22)23)18-13(15(20)24-16(18)21)10-4-2-1-3-5-10/h1-9,13-14H. The Hall–Kier alpha value is -2.93. The lowest BCUT2D eigenvalue weighted by molar-refractivity contribution is -0.384. The molecule has 1 fully saturated rings. The van der Waals surface area contributed by atoms with E-state index >= 15 is 0 Å². The van der Waals surface area contributed by atoms with Crippen molar-refractivity contribution in [1.29, 1.82) is 0 Å². The van der Waals surface area contributed by atoms with Crippen LogP contribution in [0.3, 0.4) is 0 Å². The number of cyclic esters (lactones) is 2. The third kappa shape index (κ3) is 2.81. The zero-order valence-electron chi connectivity index (χ0n) is 12.2. The Bertz CT molecular complexity index is 794. The third-order valence-corrected chi connectivity index (χ3v) is 4.10. The van der Waals surface area contributed by atoms with Crippen LogP contribution in [0, 0.1) is 10.1 Å². The quantitative estimate of drug-likeness (QED) is 0.211. The summed E-state index contributed by atoms with van der Waals surface area (Å²) in [7, 11) is 0. The van der Waals surface area contributed by atoms with Crippen molar-refractivity contribution < 1.29 is 19.2 Å². The summed E-state index contributed by atoms with van der Waals surface area (Å²) in [4.78, 5) is 35.4. The predicted molar refractivity (Wildman–Crippen MR) is 84.2 cm³/mol. The van der Waals surface area contributed by atoms with Crippen molar-refractivity contribution in [2.75, 3.05) is 0 Å². The van der Waals surface area contributed by atoms with Crippen LogP contribution in [0.1, 0.15) is 22.7 Å². The average molecular weight is 347 g/mol. The minimum absolute atomic E-state index is 0.0951. The summed E-state index contributed by atoms with van der Waals surface area (Å²) in [5.41, 5.74) is -0.0898. The molecule has 1 amide bonds. The van der Waals surface area contributed by atoms with E-state index in [1.807, 2.05) is 0 Å². The van der Waals surface area contributed by atoms with E-state index in [1.54, 1.807) is 30.3 Å². The summed E-state index contributed by atoms with van der Waals surface area (Å²) >= 11 is 6.35. The lowest BCUT2D eigenvalue weighted by atomic mass is 10.1. The highest BCUT2D eigenvalue weighted by Crippen LogP contribution is 2.39. The number of hydrogen-bond donors (Lipinski definition) is 0. The topological polar surface area (TPSA) is 89.8 Å². The second-order valence-corrected chi connectivity index (χ2v) is 5.51. The third-order valence-electron chi connectivity index (χ3n) is 3.64. The van der Waals surface area contributed by atoms with Crippen LogP contribution in [-0.4, -0.2) is 21.9 Å². The van der Waals surface area contributed by atoms with E-state index in [0.29, 0.717) is 11.1 Å². The molecule has 7 nitrogen and oxygen atoms in total. The number of carbonyl (C=O) groups is 2. The molecule has 0 bridgehead atoms. The molecule has 1 aliphatic heterocycles. The number of ether oxygens (including phenoxy) is 1. The smallest absolute Gasteiger partial charge is 0.374 e. The largest absolute Gasteiger partial charge is 0.420 e. The molecule has 0 aliphatic carbocycles. The molecule has 1 saturated heterocycles. The second-order valence-electron chi connectivity index (χ2n) is 5.09. The maximum absolute atomic E-state index is 12.0. The van der Waals surface area contributed by atoms with E-state index in [4.69, 9.17) is 16.3 Å². The van der Waals surface area contributed by atoms with Crippen molar-refractivity contribution in [1.82, 2.24) is 4.90 Å². The molecule has 0 spiro atoms. The van der Waals surface area contributed by atoms with Gasteiger partial charge in [-0.15, -0.1) is 0 Å². The van der Waals surface area contributed by atoms with Gasteiger partial charge in [-0.1, -0.05) is 41.9 Å². The Morgan fingerprint density at radius 3 is 2.29 bits per heavy atom. The number of nitro benzene ring substituents is 1. The van der Waals surface area contributed by atoms with Gasteiger partial charge in [-0.05, 0) is 23.3 Å². The minimum Gasteiger partial charge on any atom is -0.374 e. The van der Waals surface area contributed by atoms with Gasteiger partial charge < -0.3 is 4.74 Å². The van der Waals surface area contributed by atoms with Crippen molar-refractivity contribution in [3.63, 3.8) is 0 Å². The number of benzene rings is 2. The first-order chi connectivity index (χ1) is 11.5. The van der Waals surface area contributed by atoms with Gasteiger partial charge >= 0.3 is 12.1 Å². The molecule has 0 saturated carbocycles. The molecule has 24 heavy (non-hydrogen) atoms. The Morgan fingerprint density at radius 2 is 1.71 bits per heavy atom. The fraction of sp³-hybridized carbons (Fsp3) is 0.125. The molecule has 2 atom stereocenters. The Labute approximate surface area is 141 Å². The van der Waals surface area contributed by atoms with Gasteiger partial charge in [0.15, 0.2) is 6.04 Å². The van der Waals surface area contributed by atoms with E-state index in [9.17, 15) is 19.7 Å². The maximum Gasteiger partial charge on any atom is 0.420 e. The summed E-state index contributed by atoms with van der Waals surface area (Å²) in [6.07, 6.45) is -0.854. The number of halogens is 1. The average Bonchev–Trinajstić information content (AvgIpc) is 2.89. The highest BCUT2D eigenvalue weighted by molar-refractivity contribution is 6.22. The molecule has 8 heteroatoms. The highest BCUT2D eigenvalue weighted by atomic mass is 35.5. The monoisotopic (exact) mass is 346 g/mol. The molecule has 2 aromatic rings. The number of rotatable bonds is 4. The summed E-state index contributed by atoms with van der Waals surface area (Å²) in [5.74, 6) is -0.709. The summed E-state index contributed by atoms with van der Waals surface area (Å²) in [5, 5.41) is 10.7. The summed E-state index contributed by atoms with van der Waals surface area (Å²) < 4.78 is 4.70. The number of nitro groups is 1. The van der Waals surface area contributed by atoms with Crippen molar-refractivity contribution in [3.8, 4) is 0 Å². The van der Waals surface area contributed by atoms with E-state index < -0.39 is 28.5 Å². The molecule has 1 aliphatic rings. The van der Waals surface area contributed by atoms with Gasteiger partial charge in [0.05, 0.1) is 4.92 Å². The second kappa shape index (κ2) is 6.29. The molecule has 122 valence electrons. The molecule has 3 rings (SSSR count). The first kappa shape index (κ1) is 15.9. The lowest BCUT2D eigenvalue weighted by Gasteiger charge is -2.25. The van der Waals surface area contributed by atoms with Gasteiger partial charge in [0.2, 0.25) is 0 Å². The van der Waals surface area contributed by atoms with E-state index in [1.165, 1.54) is 24.3 Å². The molecule has 2 aromatic carbocycles. The lowest BCUT2D eigenvalue weighted by Crippen LogP contribution is -2.30. The minimum atomic E-state index is -1.00. The number of nitrogens with zero attached hydrogens (tertiary/aromatic N) is 2. The van der Waals surface area contributed by atoms with Crippen LogP contribution in [0.2, 0.25) is 0 Å². The van der Waals surface area contributed by atoms with E-state index in [0.717, 1.165) is 4.90 Å². The van der Waals surface area contributed by atoms with Gasteiger partial charge in [0, 0.05) is 12.1 Å². The number of amides is 1. The number of alkyl halides is 1. The zero-order chi connectivity index (χ0) is 17.3. The number of hydrogen-bond acceptors (Lipinski definition) is 5. The Balaban J connectivity index is 1.94. The fourth-order valence-electron chi connectivity index (χ4n) is 2.48. The van der Waals surface area contributed by atoms with Crippen LogP contribution >= 0.6 is 11.6 Å². The van der Waals surface area contributed by atoms with Crippen LogP contribution in [0.4, 0.5) is 10.5 Å². The highest BCUT2D eigenvalue weighted by Gasteiger charge is 2.45. The van der Waals surface area contributed by atoms with Gasteiger partial charge in [-0.2, -0.15) is 0 Å².